The van der Waals surface area contributed by atoms with E-state index >= 15 is 0 Å². The number of esters is 1. The number of nitrogens with one attached hydrogen (secondary N) is 1. The molecule has 1 heterocycles. The van der Waals surface area contributed by atoms with Gasteiger partial charge in [0.2, 0.25) is 15.9 Å². The Labute approximate surface area is 207 Å². The number of sulfonamides is 1. The number of piperidine rings is 1. The molecule has 1 N–H and O–H groups in total. The van der Waals surface area contributed by atoms with Gasteiger partial charge in [0.1, 0.15) is 11.8 Å². The third-order valence-electron chi connectivity index (χ3n) is 6.27. The molecule has 2 aromatic rings. The van der Waals surface area contributed by atoms with E-state index in [9.17, 15) is 18.0 Å². The molecule has 1 amide bonds. The SMILES string of the molecule is COC(=O)C(NS(=O)(=O)c1ccc(-c2ccc(OC)cc2)cc1)C1CCN(C(=O)CC(C)C)CC1. The summed E-state index contributed by atoms with van der Waals surface area (Å²) in [5.74, 6) is 0.201. The van der Waals surface area contributed by atoms with Crippen LogP contribution in [0.1, 0.15) is 33.1 Å². The van der Waals surface area contributed by atoms with Crippen molar-refractivity contribution < 1.29 is 27.5 Å². The zero-order chi connectivity index (χ0) is 25.6. The van der Waals surface area contributed by atoms with Gasteiger partial charge in [-0.25, -0.2) is 8.42 Å². The second kappa shape index (κ2) is 11.7. The first kappa shape index (κ1) is 26.7. The number of carbonyl (C=O) groups is 2. The topological polar surface area (TPSA) is 102 Å². The third kappa shape index (κ3) is 6.82. The Hall–Kier alpha value is -2.91. The summed E-state index contributed by atoms with van der Waals surface area (Å²) >= 11 is 0. The Balaban J connectivity index is 1.71. The van der Waals surface area contributed by atoms with Gasteiger partial charge in [-0.2, -0.15) is 4.72 Å². The van der Waals surface area contributed by atoms with Crippen LogP contribution in [-0.2, 0) is 24.3 Å². The average Bonchev–Trinajstić information content (AvgIpc) is 2.86. The monoisotopic (exact) mass is 502 g/mol. The highest BCUT2D eigenvalue weighted by Crippen LogP contribution is 2.26. The molecule has 0 aliphatic carbocycles. The largest absolute Gasteiger partial charge is 0.497 e. The van der Waals surface area contributed by atoms with E-state index in [0.717, 1.165) is 16.9 Å². The Morgan fingerprint density at radius 2 is 1.51 bits per heavy atom. The number of hydrogen-bond acceptors (Lipinski definition) is 6. The van der Waals surface area contributed by atoms with Crippen molar-refractivity contribution in [2.75, 3.05) is 27.3 Å². The molecular weight excluding hydrogens is 468 g/mol. The Bertz CT molecular complexity index is 1110. The van der Waals surface area contributed by atoms with E-state index in [1.807, 2.05) is 38.1 Å². The minimum Gasteiger partial charge on any atom is -0.497 e. The maximum absolute atomic E-state index is 13.1. The maximum Gasteiger partial charge on any atom is 0.324 e. The number of nitrogens with zero attached hydrogens (tertiary/aromatic N) is 1. The van der Waals surface area contributed by atoms with Gasteiger partial charge in [0.15, 0.2) is 0 Å². The van der Waals surface area contributed by atoms with Crippen LogP contribution in [0.5, 0.6) is 5.75 Å². The van der Waals surface area contributed by atoms with Crippen molar-refractivity contribution in [3.05, 3.63) is 48.5 Å². The van der Waals surface area contributed by atoms with Gasteiger partial charge in [-0.05, 0) is 60.1 Å². The molecule has 8 nitrogen and oxygen atoms in total. The predicted molar refractivity (Wildman–Crippen MR) is 133 cm³/mol. The summed E-state index contributed by atoms with van der Waals surface area (Å²) in [6.45, 7) is 4.97. The summed E-state index contributed by atoms with van der Waals surface area (Å²) in [5, 5.41) is 0. The average molecular weight is 503 g/mol. The van der Waals surface area contributed by atoms with Crippen LogP contribution in [0.25, 0.3) is 11.1 Å². The molecule has 1 aliphatic heterocycles. The lowest BCUT2D eigenvalue weighted by Crippen LogP contribution is -2.50. The first-order chi connectivity index (χ1) is 16.6. The van der Waals surface area contributed by atoms with Crippen LogP contribution in [0.2, 0.25) is 0 Å². The van der Waals surface area contributed by atoms with E-state index in [1.54, 1.807) is 24.1 Å². The molecule has 0 spiro atoms. The number of hydrogen-bond donors (Lipinski definition) is 1. The van der Waals surface area contributed by atoms with Crippen molar-refractivity contribution in [3.63, 3.8) is 0 Å². The molecule has 1 unspecified atom stereocenters. The van der Waals surface area contributed by atoms with Crippen molar-refractivity contribution in [1.82, 2.24) is 9.62 Å². The molecule has 1 aliphatic rings. The fourth-order valence-corrected chi connectivity index (χ4v) is 5.52. The highest BCUT2D eigenvalue weighted by molar-refractivity contribution is 7.89. The molecule has 0 aromatic heterocycles. The van der Waals surface area contributed by atoms with E-state index < -0.39 is 22.0 Å². The number of methoxy groups -OCH3 is 2. The van der Waals surface area contributed by atoms with Gasteiger partial charge in [0.05, 0.1) is 19.1 Å². The second-order valence-corrected chi connectivity index (χ2v) is 10.9. The van der Waals surface area contributed by atoms with Crippen molar-refractivity contribution in [2.24, 2.45) is 11.8 Å². The summed E-state index contributed by atoms with van der Waals surface area (Å²) in [7, 11) is -1.13. The second-order valence-electron chi connectivity index (χ2n) is 9.19. The summed E-state index contributed by atoms with van der Waals surface area (Å²) in [6.07, 6.45) is 1.51. The van der Waals surface area contributed by atoms with Crippen molar-refractivity contribution in [2.45, 2.75) is 44.0 Å². The van der Waals surface area contributed by atoms with Gasteiger partial charge < -0.3 is 14.4 Å². The third-order valence-corrected chi connectivity index (χ3v) is 7.73. The van der Waals surface area contributed by atoms with Crippen molar-refractivity contribution in [1.29, 1.82) is 0 Å². The van der Waals surface area contributed by atoms with E-state index in [1.165, 1.54) is 19.2 Å². The maximum atomic E-state index is 13.1. The molecular formula is C26H34N2O6S. The molecule has 1 fully saturated rings. The van der Waals surface area contributed by atoms with Gasteiger partial charge in [-0.3, -0.25) is 9.59 Å². The number of amides is 1. The smallest absolute Gasteiger partial charge is 0.324 e. The fourth-order valence-electron chi connectivity index (χ4n) is 4.27. The Morgan fingerprint density at radius 3 is 2.00 bits per heavy atom. The zero-order valence-corrected chi connectivity index (χ0v) is 21.5. The minimum absolute atomic E-state index is 0.0632. The van der Waals surface area contributed by atoms with E-state index in [0.29, 0.717) is 32.4 Å². The van der Waals surface area contributed by atoms with Gasteiger partial charge in [0, 0.05) is 19.5 Å². The number of carbonyl (C=O) groups excluding carboxylic acids is 2. The van der Waals surface area contributed by atoms with Crippen molar-refractivity contribution >= 4 is 21.9 Å². The van der Waals surface area contributed by atoms with Gasteiger partial charge in [-0.1, -0.05) is 38.1 Å². The van der Waals surface area contributed by atoms with Crippen molar-refractivity contribution in [3.8, 4) is 16.9 Å². The van der Waals surface area contributed by atoms with Crippen LogP contribution < -0.4 is 9.46 Å². The number of benzene rings is 2. The van der Waals surface area contributed by atoms with Gasteiger partial charge >= 0.3 is 5.97 Å². The first-order valence-corrected chi connectivity index (χ1v) is 13.3. The molecule has 0 radical (unpaired) electrons. The minimum atomic E-state index is -3.97. The lowest BCUT2D eigenvalue weighted by molar-refractivity contribution is -0.144. The number of rotatable bonds is 9. The molecule has 9 heteroatoms. The van der Waals surface area contributed by atoms with Crippen LogP contribution in [0, 0.1) is 11.8 Å². The van der Waals surface area contributed by atoms with Gasteiger partial charge in [0.25, 0.3) is 0 Å². The summed E-state index contributed by atoms with van der Waals surface area (Å²) < 4.78 is 38.9. The lowest BCUT2D eigenvalue weighted by Gasteiger charge is -2.35. The quantitative estimate of drug-likeness (QED) is 0.527. The summed E-state index contributed by atoms with van der Waals surface area (Å²) in [4.78, 5) is 26.8. The first-order valence-electron chi connectivity index (χ1n) is 11.8. The van der Waals surface area contributed by atoms with Crippen LogP contribution in [-0.4, -0.2) is 58.5 Å². The summed E-state index contributed by atoms with van der Waals surface area (Å²) in [6, 6.07) is 12.9. The van der Waals surface area contributed by atoms with E-state index in [4.69, 9.17) is 9.47 Å². The number of ether oxygens (including phenoxy) is 2. The number of likely N-dealkylation sites (tertiary alicyclic amines) is 1. The zero-order valence-electron chi connectivity index (χ0n) is 20.7. The van der Waals surface area contributed by atoms with E-state index in [2.05, 4.69) is 4.72 Å². The molecule has 2 aromatic carbocycles. The fraction of sp³-hybridized carbons (Fsp3) is 0.462. The summed E-state index contributed by atoms with van der Waals surface area (Å²) in [5.41, 5.74) is 1.78. The normalized spacial score (nSPS) is 15.6. The Kier molecular flexibility index (Phi) is 8.91. The van der Waals surface area contributed by atoms with E-state index in [-0.39, 0.29) is 22.6 Å². The van der Waals surface area contributed by atoms with Crippen LogP contribution in [0.3, 0.4) is 0 Å². The highest BCUT2D eigenvalue weighted by Gasteiger charge is 2.36. The molecule has 1 saturated heterocycles. The molecule has 1 atom stereocenters. The van der Waals surface area contributed by atoms with Gasteiger partial charge in [-0.15, -0.1) is 0 Å². The molecule has 0 bridgehead atoms. The predicted octanol–water partition coefficient (Wildman–Crippen LogP) is 3.47. The molecule has 190 valence electrons. The van der Waals surface area contributed by atoms with Crippen LogP contribution in [0.4, 0.5) is 0 Å². The Morgan fingerprint density at radius 1 is 0.971 bits per heavy atom. The molecule has 0 saturated carbocycles. The molecule has 3 rings (SSSR count). The van der Waals surface area contributed by atoms with Crippen LogP contribution >= 0.6 is 0 Å². The lowest BCUT2D eigenvalue weighted by atomic mass is 9.89. The highest BCUT2D eigenvalue weighted by atomic mass is 32.2. The van der Waals surface area contributed by atoms with Crippen LogP contribution in [0.15, 0.2) is 53.4 Å². The standard InChI is InChI=1S/C26H34N2O6S/c1-18(2)17-24(29)28-15-13-21(14-16-28)25(26(30)34-4)27-35(31,32)23-11-7-20(8-12-23)19-5-9-22(33-3)10-6-19/h5-12,18,21,25,27H,13-17H2,1-4H3. The molecule has 35 heavy (non-hydrogen) atoms.